The molecule has 1 saturated heterocycles. The Morgan fingerprint density at radius 1 is 1.21 bits per heavy atom. The standard InChI is InChI=1S/C19H14N2O7S/c1-27-18(23)13-5-2-11(3-6-13)10-28-15-7-4-12(8-14(15)21(25)26)9-16-17(22)20-19(24)29-16/h2-9H,10H2,1H3,(H,20,22,24)/b16-9-. The molecule has 0 spiro atoms. The second-order valence-electron chi connectivity index (χ2n) is 5.81. The molecule has 0 unspecified atom stereocenters. The summed E-state index contributed by atoms with van der Waals surface area (Å²) in [7, 11) is 1.29. The molecule has 1 aliphatic rings. The van der Waals surface area contributed by atoms with Crippen LogP contribution in [0.1, 0.15) is 21.5 Å². The molecule has 148 valence electrons. The van der Waals surface area contributed by atoms with Crippen LogP contribution in [-0.4, -0.2) is 29.1 Å². The van der Waals surface area contributed by atoms with E-state index in [1.54, 1.807) is 30.3 Å². The minimum absolute atomic E-state index is 0.0498. The number of nitro groups is 1. The molecule has 9 nitrogen and oxygen atoms in total. The molecule has 10 heteroatoms. The van der Waals surface area contributed by atoms with Crippen molar-refractivity contribution in [3.8, 4) is 5.75 Å². The number of ether oxygens (including phenoxy) is 2. The summed E-state index contributed by atoms with van der Waals surface area (Å²) in [6.45, 7) is 0.0511. The molecule has 0 atom stereocenters. The lowest BCUT2D eigenvalue weighted by molar-refractivity contribution is -0.386. The van der Waals surface area contributed by atoms with E-state index in [2.05, 4.69) is 10.1 Å². The third-order valence-electron chi connectivity index (χ3n) is 3.89. The fourth-order valence-electron chi connectivity index (χ4n) is 2.48. The van der Waals surface area contributed by atoms with Crippen LogP contribution in [0.25, 0.3) is 6.08 Å². The first-order valence-corrected chi connectivity index (χ1v) is 9.02. The monoisotopic (exact) mass is 414 g/mol. The van der Waals surface area contributed by atoms with Gasteiger partial charge in [0.2, 0.25) is 0 Å². The second kappa shape index (κ2) is 8.57. The third kappa shape index (κ3) is 4.79. The highest BCUT2D eigenvalue weighted by Gasteiger charge is 2.25. The molecule has 2 aromatic rings. The predicted octanol–water partition coefficient (Wildman–Crippen LogP) is 3.28. The molecular weight excluding hydrogens is 400 g/mol. The van der Waals surface area contributed by atoms with Crippen LogP contribution in [0, 0.1) is 10.1 Å². The van der Waals surface area contributed by atoms with Crippen LogP contribution in [0.4, 0.5) is 10.5 Å². The average Bonchev–Trinajstić information content (AvgIpc) is 3.03. The van der Waals surface area contributed by atoms with Crippen molar-refractivity contribution in [1.29, 1.82) is 0 Å². The number of nitrogens with zero attached hydrogens (tertiary/aromatic N) is 1. The summed E-state index contributed by atoms with van der Waals surface area (Å²) in [6.07, 6.45) is 1.40. The Balaban J connectivity index is 1.76. The fraction of sp³-hybridized carbons (Fsp3) is 0.105. The SMILES string of the molecule is COC(=O)c1ccc(COc2ccc(/C=C3\SC(=O)NC3=O)cc2[N+](=O)[O-])cc1. The van der Waals surface area contributed by atoms with Crippen LogP contribution in [-0.2, 0) is 16.1 Å². The van der Waals surface area contributed by atoms with Crippen molar-refractivity contribution in [1.82, 2.24) is 5.32 Å². The first-order chi connectivity index (χ1) is 13.9. The highest BCUT2D eigenvalue weighted by molar-refractivity contribution is 8.18. The van der Waals surface area contributed by atoms with Gasteiger partial charge in [-0.05, 0) is 47.2 Å². The first kappa shape index (κ1) is 20.1. The molecule has 1 N–H and O–H groups in total. The van der Waals surface area contributed by atoms with E-state index in [1.807, 2.05) is 0 Å². The van der Waals surface area contributed by atoms with Gasteiger partial charge in [0, 0.05) is 6.07 Å². The normalized spacial score (nSPS) is 14.6. The molecule has 3 rings (SSSR count). The zero-order chi connectivity index (χ0) is 21.0. The number of imide groups is 1. The molecule has 2 aromatic carbocycles. The van der Waals surface area contributed by atoms with Gasteiger partial charge in [-0.2, -0.15) is 0 Å². The number of nitrogens with one attached hydrogen (secondary N) is 1. The van der Waals surface area contributed by atoms with Gasteiger partial charge < -0.3 is 9.47 Å². The van der Waals surface area contributed by atoms with E-state index in [0.717, 1.165) is 11.8 Å². The Bertz CT molecular complexity index is 1030. The van der Waals surface area contributed by atoms with Gasteiger partial charge in [0.25, 0.3) is 11.1 Å². The summed E-state index contributed by atoms with van der Waals surface area (Å²) in [6, 6.07) is 10.7. The first-order valence-electron chi connectivity index (χ1n) is 8.20. The minimum Gasteiger partial charge on any atom is -0.482 e. The predicted molar refractivity (Wildman–Crippen MR) is 104 cm³/mol. The van der Waals surface area contributed by atoms with Crippen LogP contribution in [0.3, 0.4) is 0 Å². The molecule has 2 amide bonds. The summed E-state index contributed by atoms with van der Waals surface area (Å²) >= 11 is 0.727. The molecule has 0 saturated carbocycles. The number of esters is 1. The van der Waals surface area contributed by atoms with Crippen LogP contribution in [0.15, 0.2) is 47.4 Å². The lowest BCUT2D eigenvalue weighted by Gasteiger charge is -2.08. The van der Waals surface area contributed by atoms with E-state index in [4.69, 9.17) is 4.74 Å². The lowest BCUT2D eigenvalue weighted by Crippen LogP contribution is -2.17. The quantitative estimate of drug-likeness (QED) is 0.330. The van der Waals surface area contributed by atoms with Crippen molar-refractivity contribution in [2.24, 2.45) is 0 Å². The van der Waals surface area contributed by atoms with Crippen LogP contribution in [0.2, 0.25) is 0 Å². The van der Waals surface area contributed by atoms with E-state index in [-0.39, 0.29) is 22.9 Å². The number of benzene rings is 2. The van der Waals surface area contributed by atoms with Gasteiger partial charge in [-0.1, -0.05) is 18.2 Å². The van der Waals surface area contributed by atoms with Crippen LogP contribution >= 0.6 is 11.8 Å². The summed E-state index contributed by atoms with van der Waals surface area (Å²) in [5, 5.41) is 13.0. The highest BCUT2D eigenvalue weighted by Crippen LogP contribution is 2.32. The Hall–Kier alpha value is -3.66. The molecular formula is C19H14N2O7S. The molecule has 0 aliphatic carbocycles. The Morgan fingerprint density at radius 3 is 2.52 bits per heavy atom. The second-order valence-corrected chi connectivity index (χ2v) is 6.83. The third-order valence-corrected chi connectivity index (χ3v) is 4.70. The molecule has 1 aliphatic heterocycles. The number of carbonyl (C=O) groups excluding carboxylic acids is 3. The number of amides is 2. The molecule has 0 aromatic heterocycles. The lowest BCUT2D eigenvalue weighted by atomic mass is 10.1. The van der Waals surface area contributed by atoms with E-state index in [1.165, 1.54) is 25.3 Å². The van der Waals surface area contributed by atoms with Gasteiger partial charge in [-0.3, -0.25) is 25.0 Å². The molecule has 0 bridgehead atoms. The number of hydrogen-bond acceptors (Lipinski definition) is 8. The van der Waals surface area contributed by atoms with Gasteiger partial charge in [0.15, 0.2) is 5.75 Å². The van der Waals surface area contributed by atoms with Gasteiger partial charge >= 0.3 is 11.7 Å². The van der Waals surface area contributed by atoms with Gasteiger partial charge in [0.1, 0.15) is 6.61 Å². The van der Waals surface area contributed by atoms with Crippen molar-refractivity contribution >= 4 is 40.6 Å². The van der Waals surface area contributed by atoms with Crippen molar-refractivity contribution in [2.75, 3.05) is 7.11 Å². The topological polar surface area (TPSA) is 125 Å². The van der Waals surface area contributed by atoms with Crippen LogP contribution in [0.5, 0.6) is 5.75 Å². The van der Waals surface area contributed by atoms with Crippen LogP contribution < -0.4 is 10.1 Å². The number of hydrogen-bond donors (Lipinski definition) is 1. The zero-order valence-corrected chi connectivity index (χ0v) is 15.9. The molecule has 1 heterocycles. The number of carbonyl (C=O) groups is 3. The summed E-state index contributed by atoms with van der Waals surface area (Å²) < 4.78 is 10.2. The number of rotatable bonds is 6. The summed E-state index contributed by atoms with van der Waals surface area (Å²) in [5.41, 5.74) is 1.20. The maximum absolute atomic E-state index is 11.6. The number of methoxy groups -OCH3 is 1. The van der Waals surface area contributed by atoms with Crippen molar-refractivity contribution in [3.63, 3.8) is 0 Å². The summed E-state index contributed by atoms with van der Waals surface area (Å²) in [4.78, 5) is 45.2. The zero-order valence-electron chi connectivity index (χ0n) is 15.0. The van der Waals surface area contributed by atoms with Crippen molar-refractivity contribution < 1.29 is 28.8 Å². The average molecular weight is 414 g/mol. The van der Waals surface area contributed by atoms with Crippen molar-refractivity contribution in [2.45, 2.75) is 6.61 Å². The van der Waals surface area contributed by atoms with Gasteiger partial charge in [0.05, 0.1) is 22.5 Å². The van der Waals surface area contributed by atoms with Gasteiger partial charge in [-0.15, -0.1) is 0 Å². The maximum atomic E-state index is 11.6. The fourth-order valence-corrected chi connectivity index (χ4v) is 3.16. The Kier molecular flexibility index (Phi) is 5.93. The van der Waals surface area contributed by atoms with Crippen molar-refractivity contribution in [3.05, 3.63) is 74.2 Å². The van der Waals surface area contributed by atoms with Gasteiger partial charge in [-0.25, -0.2) is 4.79 Å². The highest BCUT2D eigenvalue weighted by atomic mass is 32.2. The van der Waals surface area contributed by atoms with E-state index >= 15 is 0 Å². The molecule has 29 heavy (non-hydrogen) atoms. The smallest absolute Gasteiger partial charge is 0.337 e. The molecule has 0 radical (unpaired) electrons. The largest absolute Gasteiger partial charge is 0.482 e. The number of thioether (sulfide) groups is 1. The van der Waals surface area contributed by atoms with E-state index in [0.29, 0.717) is 16.7 Å². The number of nitro benzene ring substituents is 1. The van der Waals surface area contributed by atoms with E-state index in [9.17, 15) is 24.5 Å². The molecule has 1 fully saturated rings. The Labute approximate surface area is 168 Å². The maximum Gasteiger partial charge on any atom is 0.337 e. The summed E-state index contributed by atoms with van der Waals surface area (Å²) in [5.74, 6) is -0.958. The van der Waals surface area contributed by atoms with E-state index < -0.39 is 22.0 Å². The minimum atomic E-state index is -0.593. The Morgan fingerprint density at radius 2 is 1.93 bits per heavy atom.